The van der Waals surface area contributed by atoms with Crippen molar-refractivity contribution in [3.8, 4) is 17.2 Å². The molecular weight excluding hydrogens is 470 g/mol. The van der Waals surface area contributed by atoms with Gasteiger partial charge in [0, 0.05) is 44.1 Å². The molecule has 36 heavy (non-hydrogen) atoms. The molecular formula is C25H28F2N6O3. The molecule has 0 aliphatic heterocycles. The minimum atomic E-state index is -0.876. The number of fused-ring (bicyclic) bond motifs is 1. The van der Waals surface area contributed by atoms with Crippen LogP contribution in [0.5, 0.6) is 11.5 Å². The molecule has 190 valence electrons. The molecule has 0 aliphatic rings. The lowest BCUT2D eigenvalue weighted by Crippen LogP contribution is -2.33. The molecule has 2 aromatic carbocycles. The standard InChI is InChI=1S/C25H28F2N6O3/c1-15(2)28-8-9-32(24-22(26)20(35-4)11-21(36-5)23(24)27)16-6-7-19-18(10-16)25(34)33(14-29-19)17-12-30-31(3)13-17/h6-7,10-15,28H,8-9H2,1-5H3. The highest BCUT2D eigenvalue weighted by molar-refractivity contribution is 5.84. The largest absolute Gasteiger partial charge is 0.493 e. The Morgan fingerprint density at radius 2 is 1.81 bits per heavy atom. The number of anilines is 2. The fourth-order valence-electron chi connectivity index (χ4n) is 3.94. The van der Waals surface area contributed by atoms with E-state index in [2.05, 4.69) is 15.4 Å². The van der Waals surface area contributed by atoms with E-state index >= 15 is 8.78 Å². The van der Waals surface area contributed by atoms with Gasteiger partial charge < -0.3 is 19.7 Å². The summed E-state index contributed by atoms with van der Waals surface area (Å²) in [5, 5.41) is 7.65. The van der Waals surface area contributed by atoms with Gasteiger partial charge in [0.05, 0.1) is 37.0 Å². The maximum absolute atomic E-state index is 15.5. The van der Waals surface area contributed by atoms with Gasteiger partial charge in [-0.2, -0.15) is 5.10 Å². The predicted molar refractivity (Wildman–Crippen MR) is 134 cm³/mol. The molecule has 0 amide bonds. The van der Waals surface area contributed by atoms with Gasteiger partial charge in [0.15, 0.2) is 23.1 Å². The van der Waals surface area contributed by atoms with Gasteiger partial charge in [0.25, 0.3) is 5.56 Å². The molecule has 11 heteroatoms. The van der Waals surface area contributed by atoms with Gasteiger partial charge >= 0.3 is 0 Å². The van der Waals surface area contributed by atoms with Crippen LogP contribution in [0, 0.1) is 11.6 Å². The first kappa shape index (κ1) is 25.1. The molecule has 4 aromatic rings. The van der Waals surface area contributed by atoms with Crippen LogP contribution in [0.15, 0.2) is 47.8 Å². The molecule has 9 nitrogen and oxygen atoms in total. The number of ether oxygens (including phenoxy) is 2. The normalized spacial score (nSPS) is 11.3. The summed E-state index contributed by atoms with van der Waals surface area (Å²) in [6.07, 6.45) is 4.67. The number of nitrogens with zero attached hydrogens (tertiary/aromatic N) is 5. The van der Waals surface area contributed by atoms with E-state index in [1.165, 1.54) is 30.0 Å². The summed E-state index contributed by atoms with van der Waals surface area (Å²) >= 11 is 0. The molecule has 0 bridgehead atoms. The Morgan fingerprint density at radius 3 is 2.39 bits per heavy atom. The van der Waals surface area contributed by atoms with Crippen LogP contribution >= 0.6 is 0 Å². The molecule has 0 saturated carbocycles. The first-order chi connectivity index (χ1) is 17.2. The highest BCUT2D eigenvalue weighted by atomic mass is 19.1. The zero-order valence-electron chi connectivity index (χ0n) is 20.7. The molecule has 0 radical (unpaired) electrons. The van der Waals surface area contributed by atoms with Crippen molar-refractivity contribution >= 4 is 22.3 Å². The molecule has 0 saturated heterocycles. The van der Waals surface area contributed by atoms with Crippen molar-refractivity contribution in [1.82, 2.24) is 24.6 Å². The molecule has 0 unspecified atom stereocenters. The van der Waals surface area contributed by atoms with Crippen molar-refractivity contribution in [2.24, 2.45) is 7.05 Å². The zero-order valence-corrected chi connectivity index (χ0v) is 20.7. The number of halogens is 2. The van der Waals surface area contributed by atoms with Gasteiger partial charge in [-0.15, -0.1) is 0 Å². The van der Waals surface area contributed by atoms with Crippen molar-refractivity contribution in [3.05, 3.63) is 65.0 Å². The van der Waals surface area contributed by atoms with Gasteiger partial charge in [-0.05, 0) is 18.2 Å². The maximum Gasteiger partial charge on any atom is 0.265 e. The third-order valence-corrected chi connectivity index (χ3v) is 5.73. The Hall–Kier alpha value is -3.99. The van der Waals surface area contributed by atoms with E-state index in [1.54, 1.807) is 42.3 Å². The van der Waals surface area contributed by atoms with Gasteiger partial charge in [-0.25, -0.2) is 13.8 Å². The lowest BCUT2D eigenvalue weighted by atomic mass is 10.1. The summed E-state index contributed by atoms with van der Waals surface area (Å²) < 4.78 is 44.2. The van der Waals surface area contributed by atoms with E-state index in [4.69, 9.17) is 9.47 Å². The highest BCUT2D eigenvalue weighted by Gasteiger charge is 2.26. The molecule has 0 aliphatic carbocycles. The Balaban J connectivity index is 1.90. The van der Waals surface area contributed by atoms with E-state index in [9.17, 15) is 4.79 Å². The Kier molecular flexibility index (Phi) is 7.20. The summed E-state index contributed by atoms with van der Waals surface area (Å²) in [4.78, 5) is 19.2. The topological polar surface area (TPSA) is 86.4 Å². The number of benzene rings is 2. The van der Waals surface area contributed by atoms with E-state index in [0.29, 0.717) is 23.4 Å². The maximum atomic E-state index is 15.5. The second-order valence-corrected chi connectivity index (χ2v) is 8.51. The lowest BCUT2D eigenvalue weighted by molar-refractivity contribution is 0.359. The van der Waals surface area contributed by atoms with E-state index in [-0.39, 0.29) is 40.7 Å². The molecule has 0 fully saturated rings. The fourth-order valence-corrected chi connectivity index (χ4v) is 3.94. The number of hydrogen-bond acceptors (Lipinski definition) is 7. The first-order valence-corrected chi connectivity index (χ1v) is 11.4. The first-order valence-electron chi connectivity index (χ1n) is 11.4. The number of rotatable bonds is 9. The van der Waals surface area contributed by atoms with E-state index in [1.807, 2.05) is 13.8 Å². The average molecular weight is 499 g/mol. The molecule has 1 N–H and O–H groups in total. The van der Waals surface area contributed by atoms with Gasteiger partial charge in [0.2, 0.25) is 0 Å². The smallest absolute Gasteiger partial charge is 0.265 e. The second-order valence-electron chi connectivity index (χ2n) is 8.51. The molecule has 0 atom stereocenters. The summed E-state index contributed by atoms with van der Waals surface area (Å²) in [7, 11) is 4.34. The Morgan fingerprint density at radius 1 is 1.11 bits per heavy atom. The molecule has 4 rings (SSSR count). The predicted octanol–water partition coefficient (Wildman–Crippen LogP) is 3.55. The zero-order chi connectivity index (χ0) is 26.0. The van der Waals surface area contributed by atoms with Crippen LogP contribution in [-0.4, -0.2) is 52.7 Å². The van der Waals surface area contributed by atoms with Crippen molar-refractivity contribution < 1.29 is 18.3 Å². The number of hydrogen-bond donors (Lipinski definition) is 1. The van der Waals surface area contributed by atoms with Crippen LogP contribution in [0.2, 0.25) is 0 Å². The average Bonchev–Trinajstić information content (AvgIpc) is 3.29. The van der Waals surface area contributed by atoms with Crippen molar-refractivity contribution in [1.29, 1.82) is 0 Å². The van der Waals surface area contributed by atoms with Crippen LogP contribution in [0.4, 0.5) is 20.2 Å². The van der Waals surface area contributed by atoms with Crippen LogP contribution in [0.3, 0.4) is 0 Å². The number of aryl methyl sites for hydroxylation is 1. The summed E-state index contributed by atoms with van der Waals surface area (Å²) in [6, 6.07) is 6.22. The number of nitrogens with one attached hydrogen (secondary N) is 1. The molecule has 2 aromatic heterocycles. The van der Waals surface area contributed by atoms with E-state index < -0.39 is 11.6 Å². The Labute approximate surface area is 206 Å². The Bertz CT molecular complexity index is 1420. The van der Waals surface area contributed by atoms with Gasteiger partial charge in [0.1, 0.15) is 12.0 Å². The monoisotopic (exact) mass is 498 g/mol. The molecule has 2 heterocycles. The quantitative estimate of drug-likeness (QED) is 0.378. The van der Waals surface area contributed by atoms with Crippen LogP contribution in [0.1, 0.15) is 13.8 Å². The minimum Gasteiger partial charge on any atom is -0.493 e. The third-order valence-electron chi connectivity index (χ3n) is 5.73. The van der Waals surface area contributed by atoms with Crippen molar-refractivity contribution in [2.75, 3.05) is 32.2 Å². The van der Waals surface area contributed by atoms with Crippen molar-refractivity contribution in [2.45, 2.75) is 19.9 Å². The second kappa shape index (κ2) is 10.3. The molecule has 0 spiro atoms. The minimum absolute atomic E-state index is 0.161. The van der Waals surface area contributed by atoms with Crippen molar-refractivity contribution in [3.63, 3.8) is 0 Å². The highest BCUT2D eigenvalue weighted by Crippen LogP contribution is 2.40. The SMILES string of the molecule is COc1cc(OC)c(F)c(N(CCNC(C)C)c2ccc3ncn(-c4cnn(C)c4)c(=O)c3c2)c1F. The number of methoxy groups -OCH3 is 2. The van der Waals surface area contributed by atoms with Crippen LogP contribution in [0.25, 0.3) is 16.6 Å². The van der Waals surface area contributed by atoms with Crippen LogP contribution < -0.4 is 25.2 Å². The van der Waals surface area contributed by atoms with Crippen LogP contribution in [-0.2, 0) is 7.05 Å². The lowest BCUT2D eigenvalue weighted by Gasteiger charge is -2.28. The number of aromatic nitrogens is 4. The summed E-state index contributed by atoms with van der Waals surface area (Å²) in [6.45, 7) is 4.57. The fraction of sp³-hybridized carbons (Fsp3) is 0.320. The van der Waals surface area contributed by atoms with Gasteiger partial charge in [-0.1, -0.05) is 13.8 Å². The van der Waals surface area contributed by atoms with E-state index in [0.717, 1.165) is 6.07 Å². The summed E-state index contributed by atoms with van der Waals surface area (Å²) in [5.74, 6) is -2.07. The van der Waals surface area contributed by atoms with Gasteiger partial charge in [-0.3, -0.25) is 14.0 Å². The third kappa shape index (κ3) is 4.74. The summed E-state index contributed by atoms with van der Waals surface area (Å²) in [5.41, 5.74) is 0.735.